The highest BCUT2D eigenvalue weighted by molar-refractivity contribution is 6.52. The van der Waals surface area contributed by atoms with Crippen molar-refractivity contribution in [1.82, 2.24) is 0 Å². The Morgan fingerprint density at radius 3 is 2.69 bits per heavy atom. The van der Waals surface area contributed by atoms with Gasteiger partial charge in [0, 0.05) is 13.1 Å². The molecule has 1 aliphatic heterocycles. The van der Waals surface area contributed by atoms with Crippen LogP contribution in [0.15, 0.2) is 18.2 Å². The third kappa shape index (κ3) is 0.917. The van der Waals surface area contributed by atoms with Crippen molar-refractivity contribution in [3.8, 4) is 5.75 Å². The molecule has 1 aliphatic rings. The van der Waals surface area contributed by atoms with E-state index < -0.39 is 11.7 Å². The minimum atomic E-state index is -0.555. The summed E-state index contributed by atoms with van der Waals surface area (Å²) in [6.07, 6.45) is 0. The first kappa shape index (κ1) is 7.79. The van der Waals surface area contributed by atoms with Gasteiger partial charge in [-0.25, -0.2) is 0 Å². The van der Waals surface area contributed by atoms with Gasteiger partial charge in [-0.3, -0.25) is 9.59 Å². The third-order valence-electron chi connectivity index (χ3n) is 2.09. The van der Waals surface area contributed by atoms with E-state index in [9.17, 15) is 9.59 Å². The summed E-state index contributed by atoms with van der Waals surface area (Å²) in [5.41, 5.74) is 0.820. The summed E-state index contributed by atoms with van der Waals surface area (Å²) in [6, 6.07) is 4.25. The summed E-state index contributed by atoms with van der Waals surface area (Å²) in [4.78, 5) is 23.6. The van der Waals surface area contributed by atoms with E-state index >= 15 is 0 Å². The van der Waals surface area contributed by atoms with E-state index in [1.54, 1.807) is 0 Å². The fraction of sp³-hybridized carbons (Fsp3) is 0.111. The van der Waals surface area contributed by atoms with Gasteiger partial charge < -0.3 is 10.0 Å². The Hall–Kier alpha value is -1.84. The maximum Gasteiger partial charge on any atom is 0.299 e. The molecule has 1 amide bonds. The van der Waals surface area contributed by atoms with E-state index in [1.165, 1.54) is 30.1 Å². The second-order valence-corrected chi connectivity index (χ2v) is 2.89. The highest BCUT2D eigenvalue weighted by Crippen LogP contribution is 2.30. The summed E-state index contributed by atoms with van der Waals surface area (Å²) in [7, 11) is 1.51. The van der Waals surface area contributed by atoms with Crippen molar-refractivity contribution in [2.24, 2.45) is 0 Å². The Balaban J connectivity index is 2.67. The molecule has 1 heterocycles. The number of Topliss-reactive ketones (excluding diaryl/α,β-unsaturated/α-hetero) is 1. The van der Waals surface area contributed by atoms with Crippen LogP contribution < -0.4 is 4.90 Å². The molecule has 0 aliphatic carbocycles. The maximum absolute atomic E-state index is 11.2. The molecule has 0 atom stereocenters. The van der Waals surface area contributed by atoms with Gasteiger partial charge in [0.2, 0.25) is 0 Å². The number of nitrogens with zero attached hydrogens (tertiary/aromatic N) is 1. The number of hydrogen-bond donors (Lipinski definition) is 1. The molecule has 0 spiro atoms. The Labute approximate surface area is 74.4 Å². The van der Waals surface area contributed by atoms with E-state index in [0.29, 0.717) is 11.3 Å². The fourth-order valence-electron chi connectivity index (χ4n) is 1.37. The average molecular weight is 177 g/mol. The normalized spacial score (nSPS) is 15.0. The van der Waals surface area contributed by atoms with Crippen molar-refractivity contribution in [2.75, 3.05) is 11.9 Å². The molecule has 0 radical (unpaired) electrons. The molecule has 0 saturated heterocycles. The molecule has 1 aromatic carbocycles. The number of hydrogen-bond acceptors (Lipinski definition) is 3. The highest BCUT2D eigenvalue weighted by Gasteiger charge is 2.33. The number of phenols is 1. The maximum atomic E-state index is 11.2. The summed E-state index contributed by atoms with van der Waals surface area (Å²) in [5.74, 6) is -1.02. The number of carbonyl (C=O) groups excluding carboxylic acids is 2. The van der Waals surface area contributed by atoms with Gasteiger partial charge in [0.05, 0.1) is 11.3 Å². The zero-order valence-electron chi connectivity index (χ0n) is 6.94. The van der Waals surface area contributed by atoms with Gasteiger partial charge in [0.1, 0.15) is 5.75 Å². The van der Waals surface area contributed by atoms with Crippen molar-refractivity contribution >= 4 is 17.4 Å². The first-order valence-electron chi connectivity index (χ1n) is 3.76. The molecule has 1 aromatic rings. The summed E-state index contributed by atoms with van der Waals surface area (Å²) in [6.45, 7) is 0. The van der Waals surface area contributed by atoms with Gasteiger partial charge in [-0.05, 0) is 12.1 Å². The van der Waals surface area contributed by atoms with Gasteiger partial charge in [-0.2, -0.15) is 0 Å². The Kier molecular flexibility index (Phi) is 1.39. The monoisotopic (exact) mass is 177 g/mol. The van der Waals surface area contributed by atoms with Crippen LogP contribution in [0.1, 0.15) is 10.4 Å². The van der Waals surface area contributed by atoms with Gasteiger partial charge in [-0.1, -0.05) is 0 Å². The van der Waals surface area contributed by atoms with Crippen LogP contribution in [0.25, 0.3) is 0 Å². The molecule has 0 aromatic heterocycles. The molecule has 0 unspecified atom stereocenters. The van der Waals surface area contributed by atoms with Crippen LogP contribution in [0.5, 0.6) is 5.75 Å². The molecule has 13 heavy (non-hydrogen) atoms. The van der Waals surface area contributed by atoms with Crippen molar-refractivity contribution in [2.45, 2.75) is 0 Å². The van der Waals surface area contributed by atoms with Crippen LogP contribution in [0.3, 0.4) is 0 Å². The Morgan fingerprint density at radius 1 is 1.31 bits per heavy atom. The van der Waals surface area contributed by atoms with Crippen molar-refractivity contribution in [3.63, 3.8) is 0 Å². The number of fused-ring (bicyclic) bond motifs is 1. The molecular formula is C9H7NO3. The predicted molar refractivity (Wildman–Crippen MR) is 45.8 cm³/mol. The summed E-state index contributed by atoms with van der Waals surface area (Å²) < 4.78 is 0. The lowest BCUT2D eigenvalue weighted by Gasteiger charge is -2.07. The first-order valence-corrected chi connectivity index (χ1v) is 3.76. The first-order chi connectivity index (χ1) is 6.11. The number of ketones is 1. The minimum absolute atomic E-state index is 0.0492. The number of likely N-dealkylation sites (N-methyl/N-ethyl adjacent to an activating group) is 1. The SMILES string of the molecule is CN1C(=O)C(=O)c2ccc(O)cc21. The molecule has 0 bridgehead atoms. The zero-order valence-corrected chi connectivity index (χ0v) is 6.94. The largest absolute Gasteiger partial charge is 0.508 e. The molecule has 4 nitrogen and oxygen atoms in total. The van der Waals surface area contributed by atoms with Crippen LogP contribution >= 0.6 is 0 Å². The zero-order chi connectivity index (χ0) is 9.59. The van der Waals surface area contributed by atoms with Gasteiger partial charge >= 0.3 is 0 Å². The van der Waals surface area contributed by atoms with E-state index in [0.717, 1.165) is 0 Å². The van der Waals surface area contributed by atoms with Crippen LogP contribution in [0, 0.1) is 0 Å². The standard InChI is InChI=1S/C9H7NO3/c1-10-7-4-5(11)2-3-6(7)8(12)9(10)13/h2-4,11H,1H3. The number of aromatic hydroxyl groups is 1. The van der Waals surface area contributed by atoms with Gasteiger partial charge in [0.25, 0.3) is 11.7 Å². The number of phenolic OH excluding ortho intramolecular Hbond substituents is 1. The molecular weight excluding hydrogens is 170 g/mol. The second-order valence-electron chi connectivity index (χ2n) is 2.89. The lowest BCUT2D eigenvalue weighted by Crippen LogP contribution is -2.24. The number of carbonyl (C=O) groups is 2. The van der Waals surface area contributed by atoms with Crippen molar-refractivity contribution in [1.29, 1.82) is 0 Å². The number of benzene rings is 1. The van der Waals surface area contributed by atoms with Crippen LogP contribution in [0.2, 0.25) is 0 Å². The predicted octanol–water partition coefficient (Wildman–Crippen LogP) is 0.551. The van der Waals surface area contributed by atoms with E-state index in [2.05, 4.69) is 0 Å². The lowest BCUT2D eigenvalue weighted by molar-refractivity contribution is -0.114. The summed E-state index contributed by atoms with van der Waals surface area (Å²) in [5, 5.41) is 9.14. The van der Waals surface area contributed by atoms with E-state index in [4.69, 9.17) is 5.11 Å². The smallest absolute Gasteiger partial charge is 0.299 e. The topological polar surface area (TPSA) is 57.6 Å². The average Bonchev–Trinajstić information content (AvgIpc) is 2.32. The molecule has 4 heteroatoms. The second kappa shape index (κ2) is 2.32. The van der Waals surface area contributed by atoms with E-state index in [1.807, 2.05) is 0 Å². The van der Waals surface area contributed by atoms with Crippen LogP contribution in [-0.4, -0.2) is 23.8 Å². The van der Waals surface area contributed by atoms with Crippen LogP contribution in [0.4, 0.5) is 5.69 Å². The molecule has 1 N–H and O–H groups in total. The number of rotatable bonds is 0. The lowest BCUT2D eigenvalue weighted by atomic mass is 10.1. The summed E-state index contributed by atoms with van der Waals surface area (Å²) >= 11 is 0. The van der Waals surface area contributed by atoms with Crippen molar-refractivity contribution < 1.29 is 14.7 Å². The Morgan fingerprint density at radius 2 is 2.00 bits per heavy atom. The highest BCUT2D eigenvalue weighted by atomic mass is 16.3. The fourth-order valence-corrected chi connectivity index (χ4v) is 1.37. The molecule has 0 saturated carbocycles. The van der Waals surface area contributed by atoms with Gasteiger partial charge in [-0.15, -0.1) is 0 Å². The van der Waals surface area contributed by atoms with Gasteiger partial charge in [0.15, 0.2) is 0 Å². The quantitative estimate of drug-likeness (QED) is 0.589. The number of amides is 1. The molecule has 66 valence electrons. The molecule has 0 fully saturated rings. The third-order valence-corrected chi connectivity index (χ3v) is 2.09. The number of anilines is 1. The minimum Gasteiger partial charge on any atom is -0.508 e. The molecule has 2 rings (SSSR count). The van der Waals surface area contributed by atoms with E-state index in [-0.39, 0.29) is 5.75 Å². The van der Waals surface area contributed by atoms with Crippen LogP contribution in [-0.2, 0) is 4.79 Å². The van der Waals surface area contributed by atoms with Crippen molar-refractivity contribution in [3.05, 3.63) is 23.8 Å². The Bertz CT molecular complexity index is 411.